The Bertz CT molecular complexity index is 315. The molecule has 1 aromatic carbocycles. The van der Waals surface area contributed by atoms with E-state index in [9.17, 15) is 8.78 Å². The molecule has 0 aliphatic rings. The van der Waals surface area contributed by atoms with E-state index in [4.69, 9.17) is 0 Å². The summed E-state index contributed by atoms with van der Waals surface area (Å²) in [7, 11) is 0. The van der Waals surface area contributed by atoms with Crippen LogP contribution in [0.25, 0.3) is 0 Å². The van der Waals surface area contributed by atoms with E-state index in [1.807, 2.05) is 6.92 Å². The van der Waals surface area contributed by atoms with Crippen molar-refractivity contribution < 1.29 is 8.78 Å². The largest absolute Gasteiger partial charge is 0.207 e. The molecule has 0 aromatic heterocycles. The Morgan fingerprint density at radius 3 is 2.00 bits per heavy atom. The van der Waals surface area contributed by atoms with Crippen molar-refractivity contribution in [2.75, 3.05) is 10.7 Å². The molecule has 0 saturated carbocycles. The first-order valence-electron chi connectivity index (χ1n) is 4.57. The summed E-state index contributed by atoms with van der Waals surface area (Å²) in [6, 6.07) is 3.97. The molecule has 15 heavy (non-hydrogen) atoms. The summed E-state index contributed by atoms with van der Waals surface area (Å²) in [6.45, 7) is 1.97. The molecule has 0 radical (unpaired) electrons. The van der Waals surface area contributed by atoms with Crippen molar-refractivity contribution in [3.05, 3.63) is 35.4 Å². The Hall–Kier alpha value is 0.0400. The zero-order valence-electron chi connectivity index (χ0n) is 8.37. The minimum absolute atomic E-state index is 0.166. The Balaban J connectivity index is 2.98. The second kappa shape index (κ2) is 5.39. The topological polar surface area (TPSA) is 0 Å². The van der Waals surface area contributed by atoms with Crippen LogP contribution in [0.4, 0.5) is 8.78 Å². The highest BCUT2D eigenvalue weighted by Crippen LogP contribution is 2.29. The summed E-state index contributed by atoms with van der Waals surface area (Å²) in [4.78, 5) is 0. The van der Waals surface area contributed by atoms with Crippen LogP contribution >= 0.6 is 31.9 Å². The summed E-state index contributed by atoms with van der Waals surface area (Å²) < 4.78 is 26.8. The third-order valence-electron chi connectivity index (χ3n) is 2.31. The lowest BCUT2D eigenvalue weighted by molar-refractivity contribution is 0.414. The van der Waals surface area contributed by atoms with E-state index in [1.54, 1.807) is 0 Å². The number of hydrogen-bond acceptors (Lipinski definition) is 0. The van der Waals surface area contributed by atoms with Gasteiger partial charge < -0.3 is 0 Å². The van der Waals surface area contributed by atoms with Crippen molar-refractivity contribution in [2.24, 2.45) is 5.41 Å². The highest BCUT2D eigenvalue weighted by Gasteiger charge is 2.25. The van der Waals surface area contributed by atoms with Gasteiger partial charge in [0.25, 0.3) is 0 Å². The van der Waals surface area contributed by atoms with Crippen LogP contribution < -0.4 is 0 Å². The maximum atomic E-state index is 13.4. The lowest BCUT2D eigenvalue weighted by atomic mass is 9.87. The van der Waals surface area contributed by atoms with Crippen molar-refractivity contribution in [3.8, 4) is 0 Å². The fraction of sp³-hybridized carbons (Fsp3) is 0.455. The van der Waals surface area contributed by atoms with Crippen molar-refractivity contribution >= 4 is 31.9 Å². The maximum Gasteiger partial charge on any atom is 0.129 e. The summed E-state index contributed by atoms with van der Waals surface area (Å²) in [5.41, 5.74) is -0.0119. The van der Waals surface area contributed by atoms with Gasteiger partial charge in [0.15, 0.2) is 0 Å². The summed E-state index contributed by atoms with van der Waals surface area (Å²) in [6.07, 6.45) is 0.377. The first kappa shape index (κ1) is 13.1. The van der Waals surface area contributed by atoms with Crippen LogP contribution in [0, 0.1) is 17.0 Å². The first-order chi connectivity index (χ1) is 7.02. The van der Waals surface area contributed by atoms with Crippen molar-refractivity contribution in [1.82, 2.24) is 0 Å². The van der Waals surface area contributed by atoms with Gasteiger partial charge >= 0.3 is 0 Å². The van der Waals surface area contributed by atoms with E-state index in [0.717, 1.165) is 0 Å². The van der Waals surface area contributed by atoms with E-state index in [0.29, 0.717) is 17.1 Å². The number of rotatable bonds is 4. The fourth-order valence-corrected chi connectivity index (χ4v) is 2.58. The van der Waals surface area contributed by atoms with Crippen LogP contribution in [-0.4, -0.2) is 10.7 Å². The van der Waals surface area contributed by atoms with Crippen molar-refractivity contribution in [2.45, 2.75) is 13.3 Å². The zero-order valence-corrected chi connectivity index (χ0v) is 11.5. The molecule has 0 unspecified atom stereocenters. The Kier molecular flexibility index (Phi) is 4.71. The van der Waals surface area contributed by atoms with Gasteiger partial charge in [0.2, 0.25) is 0 Å². The van der Waals surface area contributed by atoms with Gasteiger partial charge in [-0.15, -0.1) is 0 Å². The molecule has 0 aliphatic heterocycles. The van der Waals surface area contributed by atoms with Gasteiger partial charge in [-0.1, -0.05) is 44.8 Å². The molecule has 0 atom stereocenters. The summed E-state index contributed by atoms with van der Waals surface area (Å²) >= 11 is 6.73. The van der Waals surface area contributed by atoms with Gasteiger partial charge in [0, 0.05) is 16.2 Å². The molecule has 1 rings (SSSR count). The second-order valence-electron chi connectivity index (χ2n) is 3.95. The molecule has 0 spiro atoms. The Morgan fingerprint density at radius 1 is 1.13 bits per heavy atom. The molecule has 1 aromatic rings. The first-order valence-corrected chi connectivity index (χ1v) is 6.81. The molecule has 0 N–H and O–H groups in total. The second-order valence-corrected chi connectivity index (χ2v) is 5.08. The van der Waals surface area contributed by atoms with Crippen LogP contribution in [0.2, 0.25) is 0 Å². The summed E-state index contributed by atoms with van der Waals surface area (Å²) in [5, 5.41) is 1.39. The van der Waals surface area contributed by atoms with Gasteiger partial charge in [-0.3, -0.25) is 0 Å². The average Bonchev–Trinajstić information content (AvgIpc) is 2.23. The Morgan fingerprint density at radius 2 is 1.60 bits per heavy atom. The molecular formula is C11H12Br2F2. The van der Waals surface area contributed by atoms with Gasteiger partial charge in [0.05, 0.1) is 0 Å². The third-order valence-corrected chi connectivity index (χ3v) is 5.02. The minimum Gasteiger partial charge on any atom is -0.207 e. The van der Waals surface area contributed by atoms with Crippen molar-refractivity contribution in [1.29, 1.82) is 0 Å². The minimum atomic E-state index is -0.469. The zero-order chi connectivity index (χ0) is 11.5. The van der Waals surface area contributed by atoms with Crippen LogP contribution in [-0.2, 0) is 6.42 Å². The summed E-state index contributed by atoms with van der Waals surface area (Å²) in [5.74, 6) is -0.939. The molecule has 0 heterocycles. The molecule has 0 saturated heterocycles. The predicted octanol–water partition coefficient (Wildman–Crippen LogP) is 4.30. The smallest absolute Gasteiger partial charge is 0.129 e. The molecule has 0 bridgehead atoms. The highest BCUT2D eigenvalue weighted by atomic mass is 79.9. The van der Waals surface area contributed by atoms with E-state index in [2.05, 4.69) is 31.9 Å². The fourth-order valence-electron chi connectivity index (χ4n) is 1.26. The normalized spacial score (nSPS) is 11.8. The van der Waals surface area contributed by atoms with Gasteiger partial charge in [-0.05, 0) is 24.0 Å². The van der Waals surface area contributed by atoms with Crippen LogP contribution in [0.3, 0.4) is 0 Å². The van der Waals surface area contributed by atoms with Gasteiger partial charge in [-0.2, -0.15) is 0 Å². The molecule has 84 valence electrons. The number of hydrogen-bond donors (Lipinski definition) is 0. The lowest BCUT2D eigenvalue weighted by Crippen LogP contribution is -2.24. The van der Waals surface area contributed by atoms with E-state index < -0.39 is 11.6 Å². The number of halogens is 4. The molecule has 0 fully saturated rings. The van der Waals surface area contributed by atoms with Gasteiger partial charge in [-0.25, -0.2) is 8.78 Å². The standard InChI is InChI=1S/C11H12Br2F2/c1-11(6-12,7-13)5-8-9(14)3-2-4-10(8)15/h2-4H,5-7H2,1H3. The number of alkyl halides is 2. The monoisotopic (exact) mass is 340 g/mol. The van der Waals surface area contributed by atoms with Crippen molar-refractivity contribution in [3.63, 3.8) is 0 Å². The molecular weight excluding hydrogens is 330 g/mol. The Labute approximate surface area is 105 Å². The van der Waals surface area contributed by atoms with E-state index in [-0.39, 0.29) is 11.0 Å². The van der Waals surface area contributed by atoms with E-state index >= 15 is 0 Å². The molecule has 0 nitrogen and oxygen atoms in total. The molecule has 0 amide bonds. The van der Waals surface area contributed by atoms with Crippen LogP contribution in [0.5, 0.6) is 0 Å². The van der Waals surface area contributed by atoms with E-state index in [1.165, 1.54) is 18.2 Å². The van der Waals surface area contributed by atoms with Crippen LogP contribution in [0.1, 0.15) is 12.5 Å². The number of benzene rings is 1. The maximum absolute atomic E-state index is 13.4. The predicted molar refractivity (Wildman–Crippen MR) is 65.8 cm³/mol. The molecule has 4 heteroatoms. The van der Waals surface area contributed by atoms with Gasteiger partial charge in [0.1, 0.15) is 11.6 Å². The quantitative estimate of drug-likeness (QED) is 0.716. The highest BCUT2D eigenvalue weighted by molar-refractivity contribution is 9.09. The third kappa shape index (κ3) is 3.25. The SMILES string of the molecule is CC(CBr)(CBr)Cc1c(F)cccc1F. The van der Waals surface area contributed by atoms with Crippen LogP contribution in [0.15, 0.2) is 18.2 Å². The molecule has 0 aliphatic carbocycles. The average molecular weight is 342 g/mol. The lowest BCUT2D eigenvalue weighted by Gasteiger charge is -2.25.